The van der Waals surface area contributed by atoms with Crippen molar-refractivity contribution in [2.45, 2.75) is 0 Å². The second-order valence-electron chi connectivity index (χ2n) is 3.57. The molecule has 2 rings (SSSR count). The Hall–Kier alpha value is -2.47. The molecule has 0 saturated heterocycles. The van der Waals surface area contributed by atoms with Crippen LogP contribution in [0.5, 0.6) is 0 Å². The molecule has 0 atom stereocenters. The van der Waals surface area contributed by atoms with Gasteiger partial charge in [-0.25, -0.2) is 9.97 Å². The standard InChI is InChI=1S/C12H9ClN4O2/c13-10-7(11(14)18)4-5-8(16-10)12(19)17-9-3-1-2-6-15-9/h1-6H,(H2,14,18)(H,15,17,19). The molecule has 0 bridgehead atoms. The first kappa shape index (κ1) is 13.0. The van der Waals surface area contributed by atoms with Gasteiger partial charge in [0.2, 0.25) is 0 Å². The highest BCUT2D eigenvalue weighted by atomic mass is 35.5. The molecule has 2 amide bonds. The highest BCUT2D eigenvalue weighted by Crippen LogP contribution is 2.14. The van der Waals surface area contributed by atoms with E-state index in [2.05, 4.69) is 15.3 Å². The average Bonchev–Trinajstić information content (AvgIpc) is 2.39. The molecule has 2 aromatic heterocycles. The van der Waals surface area contributed by atoms with Crippen LogP contribution in [0.1, 0.15) is 20.8 Å². The second-order valence-corrected chi connectivity index (χ2v) is 3.93. The molecule has 96 valence electrons. The molecule has 0 radical (unpaired) electrons. The van der Waals surface area contributed by atoms with Gasteiger partial charge in [-0.15, -0.1) is 0 Å². The number of nitrogens with two attached hydrogens (primary N) is 1. The summed E-state index contributed by atoms with van der Waals surface area (Å²) in [5.41, 5.74) is 5.23. The minimum absolute atomic E-state index is 0.0658. The van der Waals surface area contributed by atoms with Crippen molar-refractivity contribution in [2.75, 3.05) is 5.32 Å². The fourth-order valence-electron chi connectivity index (χ4n) is 1.36. The van der Waals surface area contributed by atoms with Crippen LogP contribution in [-0.4, -0.2) is 21.8 Å². The summed E-state index contributed by atoms with van der Waals surface area (Å²) >= 11 is 5.76. The van der Waals surface area contributed by atoms with E-state index in [0.29, 0.717) is 5.82 Å². The zero-order valence-corrected chi connectivity index (χ0v) is 10.4. The highest BCUT2D eigenvalue weighted by molar-refractivity contribution is 6.32. The van der Waals surface area contributed by atoms with Gasteiger partial charge in [0.1, 0.15) is 16.7 Å². The lowest BCUT2D eigenvalue weighted by Gasteiger charge is -2.05. The Balaban J connectivity index is 2.21. The summed E-state index contributed by atoms with van der Waals surface area (Å²) in [5.74, 6) is -0.782. The van der Waals surface area contributed by atoms with Gasteiger partial charge >= 0.3 is 0 Å². The van der Waals surface area contributed by atoms with E-state index in [1.807, 2.05) is 0 Å². The normalized spacial score (nSPS) is 9.95. The summed E-state index contributed by atoms with van der Waals surface area (Å²) < 4.78 is 0. The summed E-state index contributed by atoms with van der Waals surface area (Å²) in [6.45, 7) is 0. The van der Waals surface area contributed by atoms with E-state index in [0.717, 1.165) is 0 Å². The zero-order valence-electron chi connectivity index (χ0n) is 9.63. The average molecular weight is 277 g/mol. The number of nitrogens with zero attached hydrogens (tertiary/aromatic N) is 2. The van der Waals surface area contributed by atoms with Gasteiger partial charge in [0.05, 0.1) is 5.56 Å². The van der Waals surface area contributed by atoms with Crippen molar-refractivity contribution >= 4 is 29.2 Å². The third-order valence-corrected chi connectivity index (χ3v) is 2.54. The van der Waals surface area contributed by atoms with Gasteiger partial charge in [-0.2, -0.15) is 0 Å². The number of anilines is 1. The number of halogens is 1. The second kappa shape index (κ2) is 5.45. The van der Waals surface area contributed by atoms with E-state index in [4.69, 9.17) is 17.3 Å². The summed E-state index contributed by atoms with van der Waals surface area (Å²) in [6, 6.07) is 7.82. The lowest BCUT2D eigenvalue weighted by atomic mass is 10.2. The number of hydrogen-bond acceptors (Lipinski definition) is 4. The van der Waals surface area contributed by atoms with Crippen molar-refractivity contribution in [3.05, 3.63) is 52.9 Å². The van der Waals surface area contributed by atoms with Crippen LogP contribution < -0.4 is 11.1 Å². The molecule has 6 nitrogen and oxygen atoms in total. The minimum Gasteiger partial charge on any atom is -0.366 e. The lowest BCUT2D eigenvalue weighted by molar-refractivity contribution is 0.0993. The van der Waals surface area contributed by atoms with Crippen molar-refractivity contribution < 1.29 is 9.59 Å². The van der Waals surface area contributed by atoms with E-state index in [-0.39, 0.29) is 16.4 Å². The Bertz CT molecular complexity index is 631. The SMILES string of the molecule is NC(=O)c1ccc(C(=O)Nc2ccccn2)nc1Cl. The molecule has 0 aliphatic heterocycles. The molecular weight excluding hydrogens is 268 g/mol. The maximum atomic E-state index is 11.9. The molecule has 0 aromatic carbocycles. The molecule has 0 unspecified atom stereocenters. The zero-order chi connectivity index (χ0) is 13.8. The van der Waals surface area contributed by atoms with Crippen LogP contribution in [0.3, 0.4) is 0 Å². The first-order valence-electron chi connectivity index (χ1n) is 5.26. The van der Waals surface area contributed by atoms with Crippen molar-refractivity contribution in [1.29, 1.82) is 0 Å². The van der Waals surface area contributed by atoms with Crippen molar-refractivity contribution in [3.8, 4) is 0 Å². The topological polar surface area (TPSA) is 98.0 Å². The van der Waals surface area contributed by atoms with Crippen molar-refractivity contribution in [1.82, 2.24) is 9.97 Å². The number of amides is 2. The Morgan fingerprint density at radius 1 is 1.21 bits per heavy atom. The summed E-state index contributed by atoms with van der Waals surface area (Å²) in [5, 5.41) is 2.44. The Morgan fingerprint density at radius 2 is 2.00 bits per heavy atom. The largest absolute Gasteiger partial charge is 0.366 e. The lowest BCUT2D eigenvalue weighted by Crippen LogP contribution is -2.17. The van der Waals surface area contributed by atoms with Gasteiger partial charge in [-0.3, -0.25) is 9.59 Å². The number of hydrogen-bond donors (Lipinski definition) is 2. The van der Waals surface area contributed by atoms with E-state index >= 15 is 0 Å². The molecule has 0 aliphatic carbocycles. The van der Waals surface area contributed by atoms with Crippen LogP contribution in [-0.2, 0) is 0 Å². The molecule has 7 heteroatoms. The van der Waals surface area contributed by atoms with Crippen LogP contribution in [0.25, 0.3) is 0 Å². The molecule has 0 aliphatic rings. The number of rotatable bonds is 3. The number of pyridine rings is 2. The predicted molar refractivity (Wildman–Crippen MR) is 70.0 cm³/mol. The Morgan fingerprint density at radius 3 is 2.58 bits per heavy atom. The molecular formula is C12H9ClN4O2. The van der Waals surface area contributed by atoms with Crippen LogP contribution in [0.4, 0.5) is 5.82 Å². The van der Waals surface area contributed by atoms with Crippen LogP contribution in [0.2, 0.25) is 5.15 Å². The minimum atomic E-state index is -0.700. The number of nitrogens with one attached hydrogen (secondary N) is 1. The fourth-order valence-corrected chi connectivity index (χ4v) is 1.61. The number of primary amides is 1. The highest BCUT2D eigenvalue weighted by Gasteiger charge is 2.13. The smallest absolute Gasteiger partial charge is 0.275 e. The van der Waals surface area contributed by atoms with Crippen LogP contribution in [0, 0.1) is 0 Å². The third kappa shape index (κ3) is 3.05. The molecule has 0 saturated carbocycles. The summed E-state index contributed by atoms with van der Waals surface area (Å²) in [4.78, 5) is 30.6. The summed E-state index contributed by atoms with van der Waals surface area (Å²) in [7, 11) is 0. The first-order chi connectivity index (χ1) is 9.08. The van der Waals surface area contributed by atoms with Crippen molar-refractivity contribution in [3.63, 3.8) is 0 Å². The molecule has 0 fully saturated rings. The molecule has 2 aromatic rings. The quantitative estimate of drug-likeness (QED) is 0.830. The molecule has 3 N–H and O–H groups in total. The van der Waals surface area contributed by atoms with Gasteiger partial charge in [-0.05, 0) is 24.3 Å². The van der Waals surface area contributed by atoms with Crippen molar-refractivity contribution in [2.24, 2.45) is 5.73 Å². The number of carbonyl (C=O) groups is 2. The van der Waals surface area contributed by atoms with Crippen LogP contribution in [0.15, 0.2) is 36.5 Å². The monoisotopic (exact) mass is 276 g/mol. The fraction of sp³-hybridized carbons (Fsp3) is 0. The van der Waals surface area contributed by atoms with Gasteiger partial charge < -0.3 is 11.1 Å². The molecule has 2 heterocycles. The Kier molecular flexibility index (Phi) is 3.72. The van der Waals surface area contributed by atoms with Crippen LogP contribution >= 0.6 is 11.6 Å². The van der Waals surface area contributed by atoms with Gasteiger partial charge in [0, 0.05) is 6.20 Å². The van der Waals surface area contributed by atoms with E-state index in [9.17, 15) is 9.59 Å². The molecule has 19 heavy (non-hydrogen) atoms. The Labute approximate surface area is 113 Å². The molecule has 0 spiro atoms. The van der Waals surface area contributed by atoms with Gasteiger partial charge in [0.25, 0.3) is 11.8 Å². The third-order valence-electron chi connectivity index (χ3n) is 2.25. The van der Waals surface area contributed by atoms with E-state index in [1.165, 1.54) is 12.1 Å². The number of carbonyl (C=O) groups excluding carboxylic acids is 2. The van der Waals surface area contributed by atoms with Gasteiger partial charge in [-0.1, -0.05) is 17.7 Å². The maximum absolute atomic E-state index is 11.9. The van der Waals surface area contributed by atoms with E-state index < -0.39 is 11.8 Å². The first-order valence-corrected chi connectivity index (χ1v) is 5.64. The summed E-state index contributed by atoms with van der Waals surface area (Å²) in [6.07, 6.45) is 1.55. The predicted octanol–water partition coefficient (Wildman–Crippen LogP) is 1.48. The van der Waals surface area contributed by atoms with Gasteiger partial charge in [0.15, 0.2) is 0 Å². The number of aromatic nitrogens is 2. The maximum Gasteiger partial charge on any atom is 0.275 e. The van der Waals surface area contributed by atoms with E-state index in [1.54, 1.807) is 24.4 Å².